The van der Waals surface area contributed by atoms with E-state index in [0.717, 1.165) is 52.0 Å². The lowest BCUT2D eigenvalue weighted by Crippen LogP contribution is -2.26. The lowest BCUT2D eigenvalue weighted by molar-refractivity contribution is 0.992. The molecule has 0 bridgehead atoms. The highest BCUT2D eigenvalue weighted by Crippen LogP contribution is 2.57. The van der Waals surface area contributed by atoms with Gasteiger partial charge in [0.1, 0.15) is 0 Å². The second-order valence-corrected chi connectivity index (χ2v) is 21.5. The Bertz CT molecular complexity index is 3650. The number of aromatic nitrogens is 4. The van der Waals surface area contributed by atoms with E-state index in [1.54, 1.807) is 0 Å². The highest BCUT2D eigenvalue weighted by molar-refractivity contribution is 6.02. The molecule has 0 spiro atoms. The Labute approximate surface area is 439 Å². The van der Waals surface area contributed by atoms with Crippen LogP contribution in [-0.4, -0.2) is 19.9 Å². The molecule has 0 fully saturated rings. The fourth-order valence-corrected chi connectivity index (χ4v) is 12.4. The first-order valence-electron chi connectivity index (χ1n) is 26.3. The number of benzene rings is 7. The Hall–Kier alpha value is -7.70. The van der Waals surface area contributed by atoms with Crippen molar-refractivity contribution in [2.45, 2.75) is 124 Å². The second-order valence-electron chi connectivity index (χ2n) is 21.5. The number of anilines is 6. The minimum atomic E-state index is 0.612. The minimum Gasteiger partial charge on any atom is -0.309 e. The maximum absolute atomic E-state index is 5.33. The van der Waals surface area contributed by atoms with Crippen molar-refractivity contribution in [2.75, 3.05) is 9.80 Å². The van der Waals surface area contributed by atoms with Gasteiger partial charge in [0.15, 0.2) is 17.5 Å². The van der Waals surface area contributed by atoms with E-state index in [1.165, 1.54) is 134 Å². The van der Waals surface area contributed by atoms with E-state index in [1.807, 2.05) is 42.6 Å². The third kappa shape index (κ3) is 7.27. The largest absolute Gasteiger partial charge is 0.309 e. The molecule has 9 aromatic rings. The van der Waals surface area contributed by atoms with E-state index in [4.69, 9.17) is 19.9 Å². The molecule has 2 aliphatic heterocycles. The van der Waals surface area contributed by atoms with Gasteiger partial charge in [0.05, 0.1) is 40.3 Å². The summed E-state index contributed by atoms with van der Waals surface area (Å²) in [5.74, 6) is 1.88. The summed E-state index contributed by atoms with van der Waals surface area (Å²) in [6, 6.07) is 29.7. The molecule has 370 valence electrons. The predicted molar refractivity (Wildman–Crippen MR) is 310 cm³/mol. The van der Waals surface area contributed by atoms with Crippen molar-refractivity contribution in [3.8, 4) is 45.3 Å². The monoisotopic (exact) mass is 969 g/mol. The Morgan fingerprint density at radius 2 is 0.649 bits per heavy atom. The Kier molecular flexibility index (Phi) is 11.8. The zero-order valence-corrected chi connectivity index (χ0v) is 46.3. The van der Waals surface area contributed by atoms with E-state index < -0.39 is 0 Å². The highest BCUT2D eigenvalue weighted by Gasteiger charge is 2.37. The van der Waals surface area contributed by atoms with E-state index in [-0.39, 0.29) is 0 Å². The number of hydrogen-bond acceptors (Lipinski definition) is 6. The lowest BCUT2D eigenvalue weighted by atomic mass is 9.80. The van der Waals surface area contributed by atoms with Crippen molar-refractivity contribution >= 4 is 34.1 Å². The first-order valence-corrected chi connectivity index (χ1v) is 26.3. The average molecular weight is 969 g/mol. The molecular formula is C68H68N6. The molecule has 74 heavy (non-hydrogen) atoms. The van der Waals surface area contributed by atoms with E-state index in [2.05, 4.69) is 175 Å². The quantitative estimate of drug-likeness (QED) is 0.165. The number of rotatable bonds is 6. The van der Waals surface area contributed by atoms with Crippen LogP contribution in [0, 0.1) is 111 Å². The van der Waals surface area contributed by atoms with Crippen molar-refractivity contribution < 1.29 is 0 Å². The van der Waals surface area contributed by atoms with Crippen molar-refractivity contribution in [3.63, 3.8) is 0 Å². The van der Waals surface area contributed by atoms with Gasteiger partial charge >= 0.3 is 0 Å². The number of hydrogen-bond donors (Lipinski definition) is 0. The first kappa shape index (κ1) is 48.6. The van der Waals surface area contributed by atoms with Gasteiger partial charge < -0.3 is 9.80 Å². The van der Waals surface area contributed by atoms with Crippen LogP contribution in [-0.2, 0) is 12.8 Å². The molecule has 0 atom stereocenters. The van der Waals surface area contributed by atoms with E-state index in [9.17, 15) is 0 Å². The molecule has 11 rings (SSSR count). The van der Waals surface area contributed by atoms with Crippen molar-refractivity contribution in [1.82, 2.24) is 19.9 Å². The molecule has 7 aromatic carbocycles. The van der Waals surface area contributed by atoms with Crippen LogP contribution in [0.1, 0.15) is 111 Å². The molecular weight excluding hydrogens is 901 g/mol. The highest BCUT2D eigenvalue weighted by atomic mass is 15.2. The van der Waals surface area contributed by atoms with Crippen LogP contribution in [0.3, 0.4) is 0 Å². The Morgan fingerprint density at radius 3 is 1.03 bits per heavy atom. The molecule has 6 heteroatoms. The summed E-state index contributed by atoms with van der Waals surface area (Å²) in [6.45, 7) is 37.0. The van der Waals surface area contributed by atoms with Gasteiger partial charge in [-0.1, -0.05) is 60.7 Å². The van der Waals surface area contributed by atoms with Crippen LogP contribution in [0.15, 0.2) is 97.3 Å². The summed E-state index contributed by atoms with van der Waals surface area (Å²) in [6.07, 6.45) is 5.85. The van der Waals surface area contributed by atoms with Crippen LogP contribution in [0.25, 0.3) is 45.3 Å². The summed E-state index contributed by atoms with van der Waals surface area (Å²) in [5, 5.41) is 0. The van der Waals surface area contributed by atoms with Crippen molar-refractivity contribution in [2.24, 2.45) is 0 Å². The van der Waals surface area contributed by atoms with Crippen molar-refractivity contribution in [1.29, 1.82) is 0 Å². The molecule has 0 saturated carbocycles. The molecule has 0 saturated heterocycles. The Morgan fingerprint density at radius 1 is 0.311 bits per heavy atom. The molecule has 2 aliphatic rings. The normalized spacial score (nSPS) is 12.7. The van der Waals surface area contributed by atoms with Gasteiger partial charge in [0.25, 0.3) is 0 Å². The number of nitrogens with zero attached hydrogens (tertiary/aromatic N) is 6. The molecule has 6 nitrogen and oxygen atoms in total. The fourth-order valence-electron chi connectivity index (χ4n) is 12.4. The zero-order chi connectivity index (χ0) is 52.3. The zero-order valence-electron chi connectivity index (χ0n) is 46.3. The summed E-state index contributed by atoms with van der Waals surface area (Å²) < 4.78 is 0. The van der Waals surface area contributed by atoms with Crippen LogP contribution >= 0.6 is 0 Å². The molecule has 4 heterocycles. The van der Waals surface area contributed by atoms with Gasteiger partial charge in [-0.3, -0.25) is 4.98 Å². The maximum atomic E-state index is 5.33. The summed E-state index contributed by atoms with van der Waals surface area (Å²) in [7, 11) is 0. The molecule has 2 aromatic heterocycles. The Balaban J connectivity index is 1.29. The minimum absolute atomic E-state index is 0.612. The maximum Gasteiger partial charge on any atom is 0.164 e. The van der Waals surface area contributed by atoms with Crippen LogP contribution in [0.5, 0.6) is 0 Å². The predicted octanol–water partition coefficient (Wildman–Crippen LogP) is 17.6. The smallest absolute Gasteiger partial charge is 0.164 e. The van der Waals surface area contributed by atoms with Crippen LogP contribution < -0.4 is 9.80 Å². The van der Waals surface area contributed by atoms with Crippen molar-refractivity contribution in [3.05, 3.63) is 209 Å². The summed E-state index contributed by atoms with van der Waals surface area (Å²) in [5.41, 5.74) is 39.1. The molecule has 0 radical (unpaired) electrons. The number of pyridine rings is 1. The van der Waals surface area contributed by atoms with Gasteiger partial charge in [0.2, 0.25) is 0 Å². The topological polar surface area (TPSA) is 58.0 Å². The molecule has 0 amide bonds. The molecule has 0 N–H and O–H groups in total. The second kappa shape index (κ2) is 18.1. The van der Waals surface area contributed by atoms with Gasteiger partial charge in [-0.15, -0.1) is 0 Å². The third-order valence-electron chi connectivity index (χ3n) is 18.3. The SMILES string of the molecule is Cc1c(C)c(C)c2c(c1C)Cc1c(C)c(C)c(C)c(C)c1N2c1ccc(-c2nc(-c3ccccc3)nc(-c3ccccc3)n2)cc1-c1ccncc1N1c2c(C)c(C)c(C)c(C)c2Cc2c(C)c(C)c(C)c(C)c21. The van der Waals surface area contributed by atoms with Gasteiger partial charge in [-0.2, -0.15) is 0 Å². The molecule has 0 aliphatic carbocycles. The summed E-state index contributed by atoms with van der Waals surface area (Å²) >= 11 is 0. The number of fused-ring (bicyclic) bond motifs is 4. The third-order valence-corrected chi connectivity index (χ3v) is 18.3. The first-order chi connectivity index (χ1) is 35.4. The standard InChI is InChI=1S/C68H68N6/c1-35-39(5)47(13)62-55(43(35)9)32-56-44(10)36(2)40(6)48(14)63(56)73(62)60-28-27-53(68-71-66(51-23-19-17-20-24-51)70-67(72-68)52-25-21-18-22-26-52)31-59(60)54-29-30-69-34-61(54)74-64-49(15)41(7)37(3)45(11)57(64)33-58-46(12)38(4)42(8)50(16)65(58)74/h17-31,34H,32-33H2,1-16H3. The van der Waals surface area contributed by atoms with Gasteiger partial charge in [-0.05, 0) is 246 Å². The summed E-state index contributed by atoms with van der Waals surface area (Å²) in [4.78, 5) is 26.1. The van der Waals surface area contributed by atoms with E-state index >= 15 is 0 Å². The van der Waals surface area contributed by atoms with Crippen LogP contribution in [0.2, 0.25) is 0 Å². The average Bonchev–Trinajstić information content (AvgIpc) is 3.46. The fraction of sp³-hybridized carbons (Fsp3) is 0.265. The molecule has 0 unspecified atom stereocenters. The van der Waals surface area contributed by atoms with Gasteiger partial charge in [0, 0.05) is 46.9 Å². The van der Waals surface area contributed by atoms with Crippen LogP contribution in [0.4, 0.5) is 34.1 Å². The lowest BCUT2D eigenvalue weighted by Gasteiger charge is -2.42. The van der Waals surface area contributed by atoms with Gasteiger partial charge in [-0.25, -0.2) is 15.0 Å². The van der Waals surface area contributed by atoms with E-state index in [0.29, 0.717) is 17.5 Å².